The summed E-state index contributed by atoms with van der Waals surface area (Å²) in [5.41, 5.74) is 1.00. The number of piperidine rings is 1. The Balaban J connectivity index is 1.38. The minimum absolute atomic E-state index is 0.00547. The Bertz CT molecular complexity index is 832. The van der Waals surface area contributed by atoms with Crippen molar-refractivity contribution in [2.45, 2.75) is 39.2 Å². The minimum Gasteiger partial charge on any atom is -0.497 e. The van der Waals surface area contributed by atoms with Crippen LogP contribution < -0.4 is 10.1 Å². The summed E-state index contributed by atoms with van der Waals surface area (Å²) in [6.07, 6.45) is 4.08. The first-order chi connectivity index (χ1) is 15.3. The van der Waals surface area contributed by atoms with Gasteiger partial charge in [-0.2, -0.15) is 0 Å². The lowest BCUT2D eigenvalue weighted by molar-refractivity contribution is -0.141. The van der Waals surface area contributed by atoms with E-state index >= 15 is 0 Å². The van der Waals surface area contributed by atoms with Crippen LogP contribution in [0.4, 0.5) is 4.79 Å². The minimum atomic E-state index is -0.238. The number of likely N-dealkylation sites (tertiary alicyclic amines) is 2. The SMILES string of the molecule is CCN1C[C@@H]2C3(CCN(C(=O)NCc4ccc(OC)cc4)CC3)CC[C@@]2(C(=O)N(C)C)C1. The summed E-state index contributed by atoms with van der Waals surface area (Å²) in [7, 11) is 5.43. The van der Waals surface area contributed by atoms with E-state index in [0.717, 1.165) is 69.7 Å². The molecule has 2 heterocycles. The molecule has 32 heavy (non-hydrogen) atoms. The first-order valence-electron chi connectivity index (χ1n) is 11.9. The maximum absolute atomic E-state index is 13.3. The Morgan fingerprint density at radius 1 is 1.12 bits per heavy atom. The Kier molecular flexibility index (Phi) is 6.39. The molecule has 1 aromatic carbocycles. The summed E-state index contributed by atoms with van der Waals surface area (Å²) < 4.78 is 5.19. The Hall–Kier alpha value is -2.28. The highest BCUT2D eigenvalue weighted by atomic mass is 16.5. The molecule has 0 radical (unpaired) electrons. The van der Waals surface area contributed by atoms with Gasteiger partial charge in [-0.1, -0.05) is 19.1 Å². The number of nitrogens with one attached hydrogen (secondary N) is 1. The molecule has 3 amide bonds. The Labute approximate surface area is 192 Å². The van der Waals surface area contributed by atoms with Crippen molar-refractivity contribution in [3.05, 3.63) is 29.8 Å². The number of ether oxygens (including phenoxy) is 1. The molecule has 7 nitrogen and oxygen atoms in total. The molecule has 2 saturated heterocycles. The van der Waals surface area contributed by atoms with E-state index < -0.39 is 0 Å². The monoisotopic (exact) mass is 442 g/mol. The third-order valence-corrected chi connectivity index (χ3v) is 8.35. The third kappa shape index (κ3) is 3.96. The molecule has 3 fully saturated rings. The second-order valence-corrected chi connectivity index (χ2v) is 10.1. The third-order valence-electron chi connectivity index (χ3n) is 8.35. The smallest absolute Gasteiger partial charge is 0.317 e. The number of methoxy groups -OCH3 is 1. The molecule has 0 unspecified atom stereocenters. The standard InChI is InChI=1S/C25H38N4O3/c1-5-28-17-21-24(10-11-25(21,18-28)22(30)27(2)3)12-14-29(15-13-24)23(31)26-16-19-6-8-20(32-4)9-7-19/h6-9,21H,5,10-18H2,1-4H3,(H,26,31)/t21-,25-/m1/s1. The fourth-order valence-corrected chi connectivity index (χ4v) is 6.48. The van der Waals surface area contributed by atoms with E-state index in [9.17, 15) is 9.59 Å². The fourth-order valence-electron chi connectivity index (χ4n) is 6.48. The number of hydrogen-bond acceptors (Lipinski definition) is 4. The highest BCUT2D eigenvalue weighted by Gasteiger charge is 2.64. The summed E-state index contributed by atoms with van der Waals surface area (Å²) in [5.74, 6) is 1.51. The molecule has 176 valence electrons. The maximum atomic E-state index is 13.3. The summed E-state index contributed by atoms with van der Waals surface area (Å²) in [6, 6.07) is 7.78. The van der Waals surface area contributed by atoms with E-state index in [1.54, 1.807) is 12.0 Å². The van der Waals surface area contributed by atoms with Crippen LogP contribution in [-0.2, 0) is 11.3 Å². The zero-order chi connectivity index (χ0) is 22.9. The van der Waals surface area contributed by atoms with Gasteiger partial charge in [-0.05, 0) is 61.3 Å². The number of benzene rings is 1. The molecular weight excluding hydrogens is 404 g/mol. The number of carbonyl (C=O) groups is 2. The van der Waals surface area contributed by atoms with Crippen LogP contribution in [0.1, 0.15) is 38.2 Å². The molecule has 2 atom stereocenters. The van der Waals surface area contributed by atoms with Crippen molar-refractivity contribution in [1.82, 2.24) is 20.0 Å². The van der Waals surface area contributed by atoms with Crippen LogP contribution in [0.5, 0.6) is 5.75 Å². The largest absolute Gasteiger partial charge is 0.497 e. The molecule has 1 saturated carbocycles. The van der Waals surface area contributed by atoms with E-state index in [2.05, 4.69) is 17.1 Å². The molecule has 0 aromatic heterocycles. The van der Waals surface area contributed by atoms with E-state index in [-0.39, 0.29) is 16.9 Å². The fraction of sp³-hybridized carbons (Fsp3) is 0.680. The predicted molar refractivity (Wildman–Crippen MR) is 124 cm³/mol. The van der Waals surface area contributed by atoms with Gasteiger partial charge in [0, 0.05) is 46.8 Å². The number of urea groups is 1. The molecular formula is C25H38N4O3. The zero-order valence-electron chi connectivity index (χ0n) is 20.0. The summed E-state index contributed by atoms with van der Waals surface area (Å²) >= 11 is 0. The molecule has 1 spiro atoms. The molecule has 4 rings (SSSR count). The second kappa shape index (κ2) is 8.93. The topological polar surface area (TPSA) is 65.1 Å². The van der Waals surface area contributed by atoms with Crippen molar-refractivity contribution in [3.8, 4) is 5.75 Å². The van der Waals surface area contributed by atoms with E-state index in [0.29, 0.717) is 18.4 Å². The van der Waals surface area contributed by atoms with Crippen LogP contribution in [0.25, 0.3) is 0 Å². The first kappa shape index (κ1) is 22.9. The molecule has 1 N–H and O–H groups in total. The van der Waals surface area contributed by atoms with Gasteiger partial charge >= 0.3 is 6.03 Å². The average molecular weight is 443 g/mol. The summed E-state index contributed by atoms with van der Waals surface area (Å²) in [4.78, 5) is 32.3. The normalized spacial score (nSPS) is 26.8. The number of rotatable bonds is 5. The highest BCUT2D eigenvalue weighted by molar-refractivity contribution is 5.84. The van der Waals surface area contributed by atoms with Crippen LogP contribution in [0.15, 0.2) is 24.3 Å². The van der Waals surface area contributed by atoms with Crippen molar-refractivity contribution in [2.24, 2.45) is 16.7 Å². The molecule has 2 aliphatic heterocycles. The number of nitrogens with zero attached hydrogens (tertiary/aromatic N) is 3. The quantitative estimate of drug-likeness (QED) is 0.762. The molecule has 7 heteroatoms. The van der Waals surface area contributed by atoms with E-state index in [1.165, 1.54) is 0 Å². The van der Waals surface area contributed by atoms with Crippen LogP contribution >= 0.6 is 0 Å². The average Bonchev–Trinajstić information content (AvgIpc) is 3.34. The van der Waals surface area contributed by atoms with Crippen LogP contribution in [0.3, 0.4) is 0 Å². The lowest BCUT2D eigenvalue weighted by Crippen LogP contribution is -2.51. The van der Waals surface area contributed by atoms with Crippen molar-refractivity contribution in [2.75, 3.05) is 53.9 Å². The van der Waals surface area contributed by atoms with E-state index in [4.69, 9.17) is 4.74 Å². The van der Waals surface area contributed by atoms with Crippen molar-refractivity contribution < 1.29 is 14.3 Å². The van der Waals surface area contributed by atoms with Crippen LogP contribution in [0.2, 0.25) is 0 Å². The van der Waals surface area contributed by atoms with Gasteiger partial charge in [-0.15, -0.1) is 0 Å². The van der Waals surface area contributed by atoms with Crippen molar-refractivity contribution >= 4 is 11.9 Å². The van der Waals surface area contributed by atoms with Crippen molar-refractivity contribution in [1.29, 1.82) is 0 Å². The predicted octanol–water partition coefficient (Wildman–Crippen LogP) is 2.81. The summed E-state index contributed by atoms with van der Waals surface area (Å²) in [6.45, 7) is 7.14. The van der Waals surface area contributed by atoms with Gasteiger partial charge in [-0.3, -0.25) is 4.79 Å². The lowest BCUT2D eigenvalue weighted by atomic mass is 9.65. The second-order valence-electron chi connectivity index (χ2n) is 10.1. The maximum Gasteiger partial charge on any atom is 0.317 e. The number of carbonyl (C=O) groups excluding carboxylic acids is 2. The van der Waals surface area contributed by atoms with Gasteiger partial charge in [0.1, 0.15) is 5.75 Å². The Morgan fingerprint density at radius 2 is 1.81 bits per heavy atom. The first-order valence-corrected chi connectivity index (χ1v) is 11.9. The van der Waals surface area contributed by atoms with E-state index in [1.807, 2.05) is 43.3 Å². The van der Waals surface area contributed by atoms with Gasteiger partial charge in [-0.25, -0.2) is 4.79 Å². The molecule has 1 aliphatic carbocycles. The highest BCUT2D eigenvalue weighted by Crippen LogP contribution is 2.62. The zero-order valence-corrected chi connectivity index (χ0v) is 20.0. The number of fused-ring (bicyclic) bond motifs is 2. The lowest BCUT2D eigenvalue weighted by Gasteiger charge is -2.44. The van der Waals surface area contributed by atoms with Crippen LogP contribution in [0, 0.1) is 16.7 Å². The van der Waals surface area contributed by atoms with Crippen molar-refractivity contribution in [3.63, 3.8) is 0 Å². The summed E-state index contributed by atoms with van der Waals surface area (Å²) in [5, 5.41) is 3.07. The molecule has 0 bridgehead atoms. The molecule has 3 aliphatic rings. The van der Waals surface area contributed by atoms with Gasteiger partial charge in [0.25, 0.3) is 0 Å². The number of amides is 3. The van der Waals surface area contributed by atoms with Gasteiger partial charge in [0.05, 0.1) is 12.5 Å². The van der Waals surface area contributed by atoms with Gasteiger partial charge in [0.2, 0.25) is 5.91 Å². The van der Waals surface area contributed by atoms with Crippen LogP contribution in [-0.4, -0.2) is 80.6 Å². The number of hydrogen-bond donors (Lipinski definition) is 1. The van der Waals surface area contributed by atoms with Gasteiger partial charge < -0.3 is 24.8 Å². The molecule has 1 aromatic rings. The van der Waals surface area contributed by atoms with Gasteiger partial charge in [0.15, 0.2) is 0 Å². The Morgan fingerprint density at radius 3 is 2.41 bits per heavy atom.